The maximum atomic E-state index is 10.6. The fraction of sp³-hybridized carbons (Fsp3) is 0.500. The Bertz CT molecular complexity index is 439. The SMILES string of the molecule is O=[N+]([O-])c1ccc(CC2CCCC2Cl)c(Br)c1. The molecule has 5 heteroatoms. The molecule has 0 N–H and O–H groups in total. The summed E-state index contributed by atoms with van der Waals surface area (Å²) in [6, 6.07) is 4.94. The summed E-state index contributed by atoms with van der Waals surface area (Å²) in [4.78, 5) is 10.2. The maximum absolute atomic E-state index is 10.6. The Morgan fingerprint density at radius 1 is 1.47 bits per heavy atom. The number of halogens is 2. The Morgan fingerprint density at radius 3 is 2.76 bits per heavy atom. The number of hydrogen-bond acceptors (Lipinski definition) is 2. The van der Waals surface area contributed by atoms with Gasteiger partial charge < -0.3 is 0 Å². The normalized spacial score (nSPS) is 23.9. The minimum absolute atomic E-state index is 0.120. The number of non-ortho nitro benzene ring substituents is 1. The standard InChI is InChI=1S/C12H13BrClNO2/c13-11-7-10(15(16)17)5-4-8(11)6-9-2-1-3-12(9)14/h4-5,7,9,12H,1-3,6H2. The van der Waals surface area contributed by atoms with E-state index in [2.05, 4.69) is 15.9 Å². The third-order valence-corrected chi connectivity index (χ3v) is 4.61. The van der Waals surface area contributed by atoms with Gasteiger partial charge in [-0.1, -0.05) is 28.4 Å². The average molecular weight is 319 g/mol. The molecular weight excluding hydrogens is 305 g/mol. The molecule has 17 heavy (non-hydrogen) atoms. The zero-order valence-corrected chi connectivity index (χ0v) is 11.6. The van der Waals surface area contributed by atoms with E-state index in [9.17, 15) is 10.1 Å². The number of benzene rings is 1. The second-order valence-electron chi connectivity index (χ2n) is 4.44. The highest BCUT2D eigenvalue weighted by Gasteiger charge is 2.26. The smallest absolute Gasteiger partial charge is 0.258 e. The molecule has 1 aliphatic rings. The lowest BCUT2D eigenvalue weighted by atomic mass is 9.97. The molecule has 2 unspecified atom stereocenters. The molecule has 3 nitrogen and oxygen atoms in total. The van der Waals surface area contributed by atoms with Crippen molar-refractivity contribution >= 4 is 33.2 Å². The molecule has 0 bridgehead atoms. The van der Waals surface area contributed by atoms with E-state index in [0.29, 0.717) is 5.92 Å². The molecule has 1 aromatic rings. The fourth-order valence-corrected chi connectivity index (χ4v) is 3.22. The monoisotopic (exact) mass is 317 g/mol. The first-order chi connectivity index (χ1) is 8.08. The lowest BCUT2D eigenvalue weighted by Crippen LogP contribution is -2.10. The van der Waals surface area contributed by atoms with Crippen molar-refractivity contribution in [3.8, 4) is 0 Å². The molecule has 0 aliphatic heterocycles. The molecule has 0 aromatic heterocycles. The predicted molar refractivity (Wildman–Crippen MR) is 71.5 cm³/mol. The van der Waals surface area contributed by atoms with Crippen molar-refractivity contribution in [1.29, 1.82) is 0 Å². The van der Waals surface area contributed by atoms with Crippen LogP contribution in [-0.2, 0) is 6.42 Å². The first kappa shape index (κ1) is 12.8. The van der Waals surface area contributed by atoms with Crippen molar-refractivity contribution in [3.63, 3.8) is 0 Å². The number of hydrogen-bond donors (Lipinski definition) is 0. The van der Waals surface area contributed by atoms with Crippen molar-refractivity contribution in [1.82, 2.24) is 0 Å². The Morgan fingerprint density at radius 2 is 2.24 bits per heavy atom. The van der Waals surface area contributed by atoms with Gasteiger partial charge in [0.1, 0.15) is 0 Å². The highest BCUT2D eigenvalue weighted by Crippen LogP contribution is 2.35. The van der Waals surface area contributed by atoms with Gasteiger partial charge >= 0.3 is 0 Å². The van der Waals surface area contributed by atoms with Gasteiger partial charge in [-0.2, -0.15) is 0 Å². The maximum Gasteiger partial charge on any atom is 0.270 e. The van der Waals surface area contributed by atoms with E-state index in [-0.39, 0.29) is 16.0 Å². The highest BCUT2D eigenvalue weighted by molar-refractivity contribution is 9.10. The molecule has 1 aliphatic carbocycles. The predicted octanol–water partition coefficient (Wildman–Crippen LogP) is 4.31. The molecule has 0 radical (unpaired) electrons. The van der Waals surface area contributed by atoms with Gasteiger partial charge in [-0.05, 0) is 30.7 Å². The summed E-state index contributed by atoms with van der Waals surface area (Å²) in [6.45, 7) is 0. The van der Waals surface area contributed by atoms with Gasteiger partial charge in [-0.25, -0.2) is 0 Å². The fourth-order valence-electron chi connectivity index (χ4n) is 2.32. The number of nitro benzene ring substituents is 1. The van der Waals surface area contributed by atoms with Gasteiger partial charge in [0, 0.05) is 22.0 Å². The van der Waals surface area contributed by atoms with Crippen molar-refractivity contribution < 1.29 is 4.92 Å². The topological polar surface area (TPSA) is 43.1 Å². The summed E-state index contributed by atoms with van der Waals surface area (Å²) < 4.78 is 0.808. The van der Waals surface area contributed by atoms with Crippen LogP contribution in [0.2, 0.25) is 0 Å². The van der Waals surface area contributed by atoms with Crippen LogP contribution in [0.15, 0.2) is 22.7 Å². The van der Waals surface area contributed by atoms with Gasteiger partial charge in [0.05, 0.1) is 4.92 Å². The van der Waals surface area contributed by atoms with Gasteiger partial charge in [-0.3, -0.25) is 10.1 Å². The number of nitro groups is 1. The number of nitrogens with zero attached hydrogens (tertiary/aromatic N) is 1. The number of alkyl halides is 1. The van der Waals surface area contributed by atoms with E-state index in [1.165, 1.54) is 6.42 Å². The van der Waals surface area contributed by atoms with Crippen LogP contribution >= 0.6 is 27.5 Å². The Labute approximate surface area is 113 Å². The second-order valence-corrected chi connectivity index (χ2v) is 5.86. The van der Waals surface area contributed by atoms with Gasteiger partial charge in [0.25, 0.3) is 5.69 Å². The quantitative estimate of drug-likeness (QED) is 0.473. The summed E-state index contributed by atoms with van der Waals surface area (Å²) in [7, 11) is 0. The van der Waals surface area contributed by atoms with Crippen LogP contribution in [-0.4, -0.2) is 10.3 Å². The lowest BCUT2D eigenvalue weighted by molar-refractivity contribution is -0.384. The largest absolute Gasteiger partial charge is 0.270 e. The molecule has 92 valence electrons. The second kappa shape index (κ2) is 5.36. The summed E-state index contributed by atoms with van der Waals surface area (Å²) in [5, 5.41) is 10.9. The van der Waals surface area contributed by atoms with Gasteiger partial charge in [0.15, 0.2) is 0 Å². The Kier molecular flexibility index (Phi) is 4.05. The van der Waals surface area contributed by atoms with Crippen molar-refractivity contribution in [2.24, 2.45) is 5.92 Å². The number of rotatable bonds is 3. The molecule has 2 rings (SSSR count). The third-order valence-electron chi connectivity index (χ3n) is 3.30. The summed E-state index contributed by atoms with van der Waals surface area (Å²) in [5.41, 5.74) is 1.22. The molecule has 0 saturated heterocycles. The molecule has 1 saturated carbocycles. The van der Waals surface area contributed by atoms with Gasteiger partial charge in [0.2, 0.25) is 0 Å². The molecule has 1 aromatic carbocycles. The van der Waals surface area contributed by atoms with Crippen molar-refractivity contribution in [3.05, 3.63) is 38.3 Å². The van der Waals surface area contributed by atoms with E-state index >= 15 is 0 Å². The summed E-state index contributed by atoms with van der Waals surface area (Å²) in [5.74, 6) is 0.495. The van der Waals surface area contributed by atoms with Crippen LogP contribution in [0.25, 0.3) is 0 Å². The van der Waals surface area contributed by atoms with Gasteiger partial charge in [-0.15, -0.1) is 11.6 Å². The van der Waals surface area contributed by atoms with Crippen LogP contribution in [0, 0.1) is 16.0 Å². The van der Waals surface area contributed by atoms with E-state index in [4.69, 9.17) is 11.6 Å². The first-order valence-electron chi connectivity index (χ1n) is 5.65. The Hall–Kier alpha value is -0.610. The van der Waals surface area contributed by atoms with Crippen molar-refractivity contribution in [2.75, 3.05) is 0 Å². The Balaban J connectivity index is 2.14. The first-order valence-corrected chi connectivity index (χ1v) is 6.88. The lowest BCUT2D eigenvalue weighted by Gasteiger charge is -2.14. The van der Waals surface area contributed by atoms with E-state index in [1.807, 2.05) is 6.07 Å². The summed E-state index contributed by atoms with van der Waals surface area (Å²) in [6.07, 6.45) is 4.31. The summed E-state index contributed by atoms with van der Waals surface area (Å²) >= 11 is 9.63. The average Bonchev–Trinajstić information content (AvgIpc) is 2.67. The van der Waals surface area contributed by atoms with Crippen molar-refractivity contribution in [2.45, 2.75) is 31.1 Å². The third kappa shape index (κ3) is 2.99. The minimum Gasteiger partial charge on any atom is -0.258 e. The van der Waals surface area contributed by atoms with Crippen LogP contribution in [0.5, 0.6) is 0 Å². The molecule has 0 amide bonds. The molecule has 1 fully saturated rings. The van der Waals surface area contributed by atoms with Crippen LogP contribution < -0.4 is 0 Å². The van der Waals surface area contributed by atoms with E-state index in [1.54, 1.807) is 12.1 Å². The zero-order valence-electron chi connectivity index (χ0n) is 9.23. The molecule has 2 atom stereocenters. The van der Waals surface area contributed by atoms with Crippen LogP contribution in [0.4, 0.5) is 5.69 Å². The molecule has 0 heterocycles. The van der Waals surface area contributed by atoms with E-state index < -0.39 is 0 Å². The minimum atomic E-state index is -0.380. The highest BCUT2D eigenvalue weighted by atomic mass is 79.9. The zero-order chi connectivity index (χ0) is 12.4. The van der Waals surface area contributed by atoms with Crippen LogP contribution in [0.1, 0.15) is 24.8 Å². The molecular formula is C12H13BrClNO2. The molecule has 0 spiro atoms. The van der Waals surface area contributed by atoms with Crippen LogP contribution in [0.3, 0.4) is 0 Å². The van der Waals surface area contributed by atoms with E-state index in [0.717, 1.165) is 29.3 Å².